The van der Waals surface area contributed by atoms with Gasteiger partial charge in [0.2, 0.25) is 0 Å². The maximum atomic E-state index is 13.0. The Hall–Kier alpha value is -2.42. The monoisotopic (exact) mass is 330 g/mol. The summed E-state index contributed by atoms with van der Waals surface area (Å²) in [6.07, 6.45) is -4.73. The highest BCUT2D eigenvalue weighted by molar-refractivity contribution is 7.07. The smallest absolute Gasteiger partial charge is 0.416 e. The number of amides is 1. The molecule has 1 heterocycles. The van der Waals surface area contributed by atoms with Crippen molar-refractivity contribution in [1.29, 1.82) is 0 Å². The molecule has 0 aliphatic rings. The molecule has 0 radical (unpaired) electrons. The fourth-order valence-corrected chi connectivity index (χ4v) is 2.34. The molecule has 0 unspecified atom stereocenters. The maximum Gasteiger partial charge on any atom is 0.416 e. The van der Waals surface area contributed by atoms with Crippen molar-refractivity contribution in [3.63, 3.8) is 0 Å². The normalized spacial score (nSPS) is 12.7. The number of thiazole rings is 1. The lowest BCUT2D eigenvalue weighted by Crippen LogP contribution is -2.35. The van der Waals surface area contributed by atoms with Crippen molar-refractivity contribution in [1.82, 2.24) is 10.3 Å². The van der Waals surface area contributed by atoms with Gasteiger partial charge < -0.3 is 10.4 Å². The third-order valence-corrected chi connectivity index (χ3v) is 3.35. The number of carbonyl (C=O) groups is 2. The number of alkyl halides is 3. The first-order valence-electron chi connectivity index (χ1n) is 5.88. The van der Waals surface area contributed by atoms with Crippen LogP contribution in [0.25, 0.3) is 0 Å². The predicted molar refractivity (Wildman–Crippen MR) is 71.4 cm³/mol. The third-order valence-electron chi connectivity index (χ3n) is 2.76. The molecular formula is C13H9F3N2O3S. The predicted octanol–water partition coefficient (Wildman–Crippen LogP) is 2.72. The van der Waals surface area contributed by atoms with E-state index < -0.39 is 35.2 Å². The Balaban J connectivity index is 2.38. The average molecular weight is 330 g/mol. The van der Waals surface area contributed by atoms with E-state index in [2.05, 4.69) is 10.3 Å². The molecule has 1 atom stereocenters. The fourth-order valence-electron chi connectivity index (χ4n) is 1.81. The number of halogens is 3. The molecule has 0 fully saturated rings. The van der Waals surface area contributed by atoms with E-state index in [0.717, 1.165) is 29.5 Å². The van der Waals surface area contributed by atoms with Gasteiger partial charge in [0, 0.05) is 5.38 Å². The Kier molecular flexibility index (Phi) is 4.45. The van der Waals surface area contributed by atoms with Gasteiger partial charge >= 0.3 is 12.1 Å². The van der Waals surface area contributed by atoms with Crippen LogP contribution >= 0.6 is 11.3 Å². The van der Waals surface area contributed by atoms with E-state index in [1.807, 2.05) is 0 Å². The Labute approximate surface area is 126 Å². The van der Waals surface area contributed by atoms with E-state index in [9.17, 15) is 22.8 Å². The molecule has 0 aliphatic carbocycles. The maximum absolute atomic E-state index is 13.0. The van der Waals surface area contributed by atoms with Gasteiger partial charge in [-0.15, -0.1) is 11.3 Å². The second-order valence-electron chi connectivity index (χ2n) is 4.20. The van der Waals surface area contributed by atoms with Gasteiger partial charge in [-0.1, -0.05) is 18.2 Å². The molecule has 2 aromatic rings. The Morgan fingerprint density at radius 2 is 1.95 bits per heavy atom. The SMILES string of the molecule is O=C(N[C@H](C(=O)O)c1ccccc1C(F)(F)F)c1cscn1. The largest absolute Gasteiger partial charge is 0.479 e. The highest BCUT2D eigenvalue weighted by Gasteiger charge is 2.37. The van der Waals surface area contributed by atoms with Crippen LogP contribution in [-0.4, -0.2) is 22.0 Å². The second-order valence-corrected chi connectivity index (χ2v) is 4.92. The van der Waals surface area contributed by atoms with Crippen LogP contribution in [0.15, 0.2) is 35.2 Å². The molecule has 0 spiro atoms. The average Bonchev–Trinajstić information content (AvgIpc) is 2.97. The van der Waals surface area contributed by atoms with Gasteiger partial charge in [0.15, 0.2) is 6.04 Å². The zero-order valence-corrected chi connectivity index (χ0v) is 11.6. The van der Waals surface area contributed by atoms with Gasteiger partial charge in [-0.3, -0.25) is 4.79 Å². The number of benzene rings is 1. The van der Waals surface area contributed by atoms with Crippen LogP contribution < -0.4 is 5.32 Å². The number of carboxylic acids is 1. The molecule has 1 aromatic heterocycles. The lowest BCUT2D eigenvalue weighted by molar-refractivity contribution is -0.142. The molecule has 116 valence electrons. The summed E-state index contributed by atoms with van der Waals surface area (Å²) in [5, 5.41) is 12.6. The minimum atomic E-state index is -4.73. The molecule has 9 heteroatoms. The third kappa shape index (κ3) is 3.42. The molecule has 2 rings (SSSR count). The number of nitrogens with one attached hydrogen (secondary N) is 1. The summed E-state index contributed by atoms with van der Waals surface area (Å²) in [6.45, 7) is 0. The van der Waals surface area contributed by atoms with E-state index in [-0.39, 0.29) is 5.69 Å². The zero-order valence-electron chi connectivity index (χ0n) is 10.8. The van der Waals surface area contributed by atoms with Crippen LogP contribution in [0, 0.1) is 0 Å². The van der Waals surface area contributed by atoms with Gasteiger partial charge in [0.25, 0.3) is 5.91 Å². The molecule has 22 heavy (non-hydrogen) atoms. The number of aliphatic carboxylic acids is 1. The molecule has 0 bridgehead atoms. The van der Waals surface area contributed by atoms with Crippen molar-refractivity contribution in [3.8, 4) is 0 Å². The lowest BCUT2D eigenvalue weighted by Gasteiger charge is -2.19. The van der Waals surface area contributed by atoms with Crippen LogP contribution in [0.5, 0.6) is 0 Å². The zero-order chi connectivity index (χ0) is 16.3. The number of carbonyl (C=O) groups excluding carboxylic acids is 1. The Morgan fingerprint density at radius 1 is 1.27 bits per heavy atom. The first-order chi connectivity index (χ1) is 10.3. The topological polar surface area (TPSA) is 79.3 Å². The van der Waals surface area contributed by atoms with Gasteiger partial charge in [0.05, 0.1) is 11.1 Å². The molecule has 0 saturated carbocycles. The Bertz CT molecular complexity index is 686. The summed E-state index contributed by atoms with van der Waals surface area (Å²) in [4.78, 5) is 26.8. The van der Waals surface area contributed by atoms with Crippen molar-refractivity contribution in [2.24, 2.45) is 0 Å². The van der Waals surface area contributed by atoms with Crippen LogP contribution in [0.2, 0.25) is 0 Å². The number of hydrogen-bond donors (Lipinski definition) is 2. The fraction of sp³-hybridized carbons (Fsp3) is 0.154. The quantitative estimate of drug-likeness (QED) is 0.903. The number of carboxylic acid groups (broad SMARTS) is 1. The van der Waals surface area contributed by atoms with Gasteiger partial charge in [-0.25, -0.2) is 9.78 Å². The molecule has 1 aromatic carbocycles. The highest BCUT2D eigenvalue weighted by atomic mass is 32.1. The molecule has 1 amide bonds. The van der Waals surface area contributed by atoms with Crippen LogP contribution in [-0.2, 0) is 11.0 Å². The van der Waals surface area contributed by atoms with Crippen LogP contribution in [0.3, 0.4) is 0 Å². The molecule has 2 N–H and O–H groups in total. The highest BCUT2D eigenvalue weighted by Crippen LogP contribution is 2.34. The van der Waals surface area contributed by atoms with Crippen molar-refractivity contribution in [3.05, 3.63) is 52.0 Å². The standard InChI is InChI=1S/C13H9F3N2O3S/c14-13(15,16)8-4-2-1-3-7(8)10(12(20)21)18-11(19)9-5-22-6-17-9/h1-6,10H,(H,18,19)(H,20,21)/t10-/m0/s1. The summed E-state index contributed by atoms with van der Waals surface area (Å²) in [5.41, 5.74) is -0.346. The van der Waals surface area contributed by atoms with Crippen molar-refractivity contribution in [2.75, 3.05) is 0 Å². The first kappa shape index (κ1) is 16.0. The van der Waals surface area contributed by atoms with E-state index in [1.165, 1.54) is 17.0 Å². The minimum Gasteiger partial charge on any atom is -0.479 e. The number of rotatable bonds is 4. The second kappa shape index (κ2) is 6.14. The van der Waals surface area contributed by atoms with E-state index >= 15 is 0 Å². The van der Waals surface area contributed by atoms with Crippen LogP contribution in [0.1, 0.15) is 27.7 Å². The first-order valence-corrected chi connectivity index (χ1v) is 6.83. The lowest BCUT2D eigenvalue weighted by atomic mass is 9.99. The van der Waals surface area contributed by atoms with Crippen LogP contribution in [0.4, 0.5) is 13.2 Å². The number of hydrogen-bond acceptors (Lipinski definition) is 4. The molecule has 0 aliphatic heterocycles. The number of nitrogens with zero attached hydrogens (tertiary/aromatic N) is 1. The van der Waals surface area contributed by atoms with E-state index in [0.29, 0.717) is 0 Å². The Morgan fingerprint density at radius 3 is 2.50 bits per heavy atom. The van der Waals surface area contributed by atoms with Crippen molar-refractivity contribution in [2.45, 2.75) is 12.2 Å². The summed E-state index contributed by atoms with van der Waals surface area (Å²) >= 11 is 1.11. The van der Waals surface area contributed by atoms with Gasteiger partial charge in [-0.05, 0) is 11.6 Å². The van der Waals surface area contributed by atoms with Gasteiger partial charge in [0.1, 0.15) is 5.69 Å². The summed E-state index contributed by atoms with van der Waals surface area (Å²) in [5.74, 6) is -2.45. The van der Waals surface area contributed by atoms with E-state index in [1.54, 1.807) is 0 Å². The van der Waals surface area contributed by atoms with Gasteiger partial charge in [-0.2, -0.15) is 13.2 Å². The minimum absolute atomic E-state index is 0.0549. The van der Waals surface area contributed by atoms with Crippen molar-refractivity contribution >= 4 is 23.2 Å². The van der Waals surface area contributed by atoms with Crippen molar-refractivity contribution < 1.29 is 27.9 Å². The molecule has 5 nitrogen and oxygen atoms in total. The molecular weight excluding hydrogens is 321 g/mol. The van der Waals surface area contributed by atoms with E-state index in [4.69, 9.17) is 5.11 Å². The molecule has 0 saturated heterocycles. The summed E-state index contributed by atoms with van der Waals surface area (Å²) in [6, 6.07) is 2.37. The number of aromatic nitrogens is 1. The summed E-state index contributed by atoms with van der Waals surface area (Å²) in [7, 11) is 0. The summed E-state index contributed by atoms with van der Waals surface area (Å²) < 4.78 is 38.9.